The van der Waals surface area contributed by atoms with E-state index in [1.807, 2.05) is 18.2 Å². The Kier molecular flexibility index (Phi) is 3.46. The molecule has 0 saturated carbocycles. The molecule has 3 aromatic rings. The second-order valence-corrected chi connectivity index (χ2v) is 5.96. The lowest BCUT2D eigenvalue weighted by Gasteiger charge is -2.22. The predicted molar refractivity (Wildman–Crippen MR) is 87.6 cm³/mol. The van der Waals surface area contributed by atoms with Gasteiger partial charge in [-0.15, -0.1) is 0 Å². The third kappa shape index (κ3) is 2.66. The number of fused-ring (bicyclic) bond motifs is 1. The number of hydrogen-bond donors (Lipinski definition) is 2. The van der Waals surface area contributed by atoms with Gasteiger partial charge in [-0.05, 0) is 31.5 Å². The maximum Gasteiger partial charge on any atom is 0.158 e. The molecular weight excluding hydrogens is 293 g/mol. The Morgan fingerprint density at radius 2 is 2.17 bits per heavy atom. The summed E-state index contributed by atoms with van der Waals surface area (Å²) in [6.07, 6.45) is 2.26. The van der Waals surface area contributed by atoms with Gasteiger partial charge in [0, 0.05) is 30.2 Å². The number of anilines is 1. The lowest BCUT2D eigenvalue weighted by atomic mass is 9.96. The van der Waals surface area contributed by atoms with E-state index >= 15 is 0 Å². The van der Waals surface area contributed by atoms with E-state index in [-0.39, 0.29) is 5.82 Å². The van der Waals surface area contributed by atoms with Crippen LogP contribution in [0.2, 0.25) is 0 Å². The summed E-state index contributed by atoms with van der Waals surface area (Å²) < 4.78 is 15.0. The highest BCUT2D eigenvalue weighted by Crippen LogP contribution is 2.26. The second kappa shape index (κ2) is 5.62. The Labute approximate surface area is 133 Å². The molecule has 0 aliphatic carbocycles. The van der Waals surface area contributed by atoms with Crippen molar-refractivity contribution in [1.29, 1.82) is 0 Å². The third-order valence-corrected chi connectivity index (χ3v) is 4.31. The molecule has 1 fully saturated rings. The predicted octanol–water partition coefficient (Wildman–Crippen LogP) is 2.58. The van der Waals surface area contributed by atoms with Crippen molar-refractivity contribution in [3.8, 4) is 11.3 Å². The van der Waals surface area contributed by atoms with E-state index in [1.165, 1.54) is 12.1 Å². The van der Waals surface area contributed by atoms with Crippen LogP contribution < -0.4 is 11.1 Å². The van der Waals surface area contributed by atoms with Crippen LogP contribution in [0.5, 0.6) is 0 Å². The van der Waals surface area contributed by atoms with E-state index in [0.29, 0.717) is 23.1 Å². The van der Waals surface area contributed by atoms with Crippen LogP contribution in [0, 0.1) is 5.82 Å². The normalized spacial score (nSPS) is 18.4. The molecule has 1 aliphatic rings. The van der Waals surface area contributed by atoms with Crippen LogP contribution in [0.3, 0.4) is 0 Å². The van der Waals surface area contributed by atoms with Gasteiger partial charge in [0.2, 0.25) is 0 Å². The quantitative estimate of drug-likeness (QED) is 0.763. The standard InChI is InChI=1S/C17H18FN5/c18-13-5-1-3-11(7-13)15-9-17-21-14(8-16(19)23(17)22-15)12-4-2-6-20-10-12/h1,3,5,7-9,12,20H,2,4,6,10,19H2/t12-/m1/s1. The van der Waals surface area contributed by atoms with Gasteiger partial charge in [-0.1, -0.05) is 12.1 Å². The molecule has 1 aromatic carbocycles. The highest BCUT2D eigenvalue weighted by Gasteiger charge is 2.19. The van der Waals surface area contributed by atoms with Gasteiger partial charge in [-0.3, -0.25) is 0 Å². The van der Waals surface area contributed by atoms with Crippen LogP contribution in [0.25, 0.3) is 16.9 Å². The molecule has 23 heavy (non-hydrogen) atoms. The lowest BCUT2D eigenvalue weighted by Crippen LogP contribution is -2.29. The maximum absolute atomic E-state index is 13.4. The zero-order valence-corrected chi connectivity index (χ0v) is 12.7. The van der Waals surface area contributed by atoms with Gasteiger partial charge in [0.25, 0.3) is 0 Å². The number of nitrogen functional groups attached to an aromatic ring is 1. The minimum Gasteiger partial charge on any atom is -0.384 e. The summed E-state index contributed by atoms with van der Waals surface area (Å²) in [7, 11) is 0. The summed E-state index contributed by atoms with van der Waals surface area (Å²) >= 11 is 0. The van der Waals surface area contributed by atoms with Crippen LogP contribution in [0.1, 0.15) is 24.5 Å². The number of benzene rings is 1. The zero-order valence-electron chi connectivity index (χ0n) is 12.7. The van der Waals surface area contributed by atoms with Gasteiger partial charge in [0.1, 0.15) is 11.6 Å². The van der Waals surface area contributed by atoms with Crippen LogP contribution >= 0.6 is 0 Å². The molecule has 3 N–H and O–H groups in total. The fourth-order valence-electron chi connectivity index (χ4n) is 3.12. The summed E-state index contributed by atoms with van der Waals surface area (Å²) in [4.78, 5) is 4.72. The van der Waals surface area contributed by atoms with Gasteiger partial charge >= 0.3 is 0 Å². The Morgan fingerprint density at radius 1 is 1.26 bits per heavy atom. The minimum atomic E-state index is -0.283. The van der Waals surface area contributed by atoms with Crippen molar-refractivity contribution in [1.82, 2.24) is 19.9 Å². The number of piperidine rings is 1. The average molecular weight is 311 g/mol. The van der Waals surface area contributed by atoms with E-state index < -0.39 is 0 Å². The molecule has 0 bridgehead atoms. The Balaban J connectivity index is 1.77. The number of halogens is 1. The highest BCUT2D eigenvalue weighted by atomic mass is 19.1. The van der Waals surface area contributed by atoms with Crippen molar-refractivity contribution in [3.05, 3.63) is 47.9 Å². The molecule has 6 heteroatoms. The van der Waals surface area contributed by atoms with Gasteiger partial charge in [0.15, 0.2) is 5.65 Å². The molecule has 2 aromatic heterocycles. The average Bonchev–Trinajstić information content (AvgIpc) is 3.00. The Morgan fingerprint density at radius 3 is 2.96 bits per heavy atom. The number of nitrogens with zero attached hydrogens (tertiary/aromatic N) is 3. The van der Waals surface area contributed by atoms with Crippen molar-refractivity contribution in [2.45, 2.75) is 18.8 Å². The molecule has 0 spiro atoms. The minimum absolute atomic E-state index is 0.283. The zero-order chi connectivity index (χ0) is 15.8. The number of nitrogens with two attached hydrogens (primary N) is 1. The van der Waals surface area contributed by atoms with E-state index in [1.54, 1.807) is 10.6 Å². The number of nitrogens with one attached hydrogen (secondary N) is 1. The summed E-state index contributed by atoms with van der Waals surface area (Å²) in [5.74, 6) is 0.649. The van der Waals surface area contributed by atoms with Crippen molar-refractivity contribution in [3.63, 3.8) is 0 Å². The van der Waals surface area contributed by atoms with Crippen molar-refractivity contribution >= 4 is 11.5 Å². The van der Waals surface area contributed by atoms with E-state index in [9.17, 15) is 4.39 Å². The van der Waals surface area contributed by atoms with Gasteiger partial charge in [-0.2, -0.15) is 9.61 Å². The van der Waals surface area contributed by atoms with Crippen molar-refractivity contribution < 1.29 is 4.39 Å². The highest BCUT2D eigenvalue weighted by molar-refractivity contribution is 5.65. The number of rotatable bonds is 2. The van der Waals surface area contributed by atoms with Crippen LogP contribution in [0.4, 0.5) is 10.2 Å². The third-order valence-electron chi connectivity index (χ3n) is 4.31. The molecule has 1 aliphatic heterocycles. The number of aromatic nitrogens is 3. The van der Waals surface area contributed by atoms with Crippen LogP contribution in [-0.2, 0) is 0 Å². The number of hydrogen-bond acceptors (Lipinski definition) is 4. The fraction of sp³-hybridized carbons (Fsp3) is 0.294. The first kappa shape index (κ1) is 14.1. The monoisotopic (exact) mass is 311 g/mol. The molecule has 0 amide bonds. The first-order valence-electron chi connectivity index (χ1n) is 7.83. The summed E-state index contributed by atoms with van der Waals surface area (Å²) in [5, 5.41) is 7.85. The first-order valence-corrected chi connectivity index (χ1v) is 7.83. The molecule has 118 valence electrons. The molecule has 0 unspecified atom stereocenters. The Bertz CT molecular complexity index is 851. The Hall–Kier alpha value is -2.47. The molecular formula is C17H18FN5. The summed E-state index contributed by atoms with van der Waals surface area (Å²) in [6, 6.07) is 10.1. The van der Waals surface area contributed by atoms with Crippen molar-refractivity contribution in [2.75, 3.05) is 18.8 Å². The van der Waals surface area contributed by atoms with Gasteiger partial charge in [0.05, 0.1) is 11.4 Å². The van der Waals surface area contributed by atoms with Gasteiger partial charge < -0.3 is 11.1 Å². The smallest absolute Gasteiger partial charge is 0.158 e. The van der Waals surface area contributed by atoms with E-state index in [0.717, 1.165) is 37.2 Å². The van der Waals surface area contributed by atoms with E-state index in [4.69, 9.17) is 10.7 Å². The van der Waals surface area contributed by atoms with Crippen LogP contribution in [-0.4, -0.2) is 27.7 Å². The molecule has 3 heterocycles. The maximum atomic E-state index is 13.4. The summed E-state index contributed by atoms with van der Waals surface area (Å²) in [5.41, 5.74) is 9.23. The van der Waals surface area contributed by atoms with Gasteiger partial charge in [-0.25, -0.2) is 9.37 Å². The molecule has 4 rings (SSSR count). The van der Waals surface area contributed by atoms with Crippen molar-refractivity contribution in [2.24, 2.45) is 0 Å². The topological polar surface area (TPSA) is 68.2 Å². The van der Waals surface area contributed by atoms with E-state index in [2.05, 4.69) is 10.4 Å². The second-order valence-electron chi connectivity index (χ2n) is 5.96. The lowest BCUT2D eigenvalue weighted by molar-refractivity contribution is 0.455. The van der Waals surface area contributed by atoms with Crippen LogP contribution in [0.15, 0.2) is 36.4 Å². The first-order chi connectivity index (χ1) is 11.2. The molecule has 1 atom stereocenters. The SMILES string of the molecule is Nc1cc([C@@H]2CCCNC2)nc2cc(-c3cccc(F)c3)nn12. The molecule has 0 radical (unpaired) electrons. The summed E-state index contributed by atoms with van der Waals surface area (Å²) in [6.45, 7) is 1.98. The largest absolute Gasteiger partial charge is 0.384 e. The molecule has 1 saturated heterocycles. The fourth-order valence-corrected chi connectivity index (χ4v) is 3.12. The molecule has 5 nitrogen and oxygen atoms in total.